The number of aryl methyl sites for hydroxylation is 1. The number of hydrogen-bond donors (Lipinski definition) is 1. The van der Waals surface area contributed by atoms with Crippen molar-refractivity contribution in [1.82, 2.24) is 5.32 Å². The van der Waals surface area contributed by atoms with Crippen molar-refractivity contribution in [3.63, 3.8) is 0 Å². The van der Waals surface area contributed by atoms with E-state index >= 15 is 0 Å². The predicted molar refractivity (Wildman–Crippen MR) is 107 cm³/mol. The molecule has 2 aromatic rings. The van der Waals surface area contributed by atoms with E-state index in [-0.39, 0.29) is 5.82 Å². The molecule has 2 aromatic carbocycles. The highest BCUT2D eigenvalue weighted by Gasteiger charge is 2.32. The van der Waals surface area contributed by atoms with Gasteiger partial charge in [0, 0.05) is 0 Å². The van der Waals surface area contributed by atoms with Crippen molar-refractivity contribution >= 4 is 21.6 Å². The zero-order valence-electron chi connectivity index (χ0n) is 16.6. The van der Waals surface area contributed by atoms with Gasteiger partial charge in [0.25, 0.3) is 0 Å². The molecule has 0 aliphatic rings. The molecule has 0 aliphatic heterocycles. The Morgan fingerprint density at radius 2 is 1.75 bits per heavy atom. The van der Waals surface area contributed by atoms with Crippen LogP contribution in [0.4, 0.5) is 10.1 Å². The average Bonchev–Trinajstić information content (AvgIpc) is 2.61. The van der Waals surface area contributed by atoms with Gasteiger partial charge in [-0.3, -0.25) is 9.10 Å². The number of methoxy groups -OCH3 is 1. The maximum atomic E-state index is 13.1. The summed E-state index contributed by atoms with van der Waals surface area (Å²) in [6.07, 6.45) is 1.04. The van der Waals surface area contributed by atoms with Crippen LogP contribution in [0.25, 0.3) is 0 Å². The number of benzene rings is 2. The Labute approximate surface area is 165 Å². The number of halogens is 1. The summed E-state index contributed by atoms with van der Waals surface area (Å²) in [5.74, 6) is -0.501. The highest BCUT2D eigenvalue weighted by atomic mass is 32.2. The molecular formula is C20H25FN2O4S. The molecule has 0 bridgehead atoms. The van der Waals surface area contributed by atoms with Gasteiger partial charge in [-0.05, 0) is 56.2 Å². The number of hydrogen-bond acceptors (Lipinski definition) is 4. The Morgan fingerprint density at radius 3 is 2.29 bits per heavy atom. The van der Waals surface area contributed by atoms with E-state index in [0.29, 0.717) is 17.0 Å². The summed E-state index contributed by atoms with van der Waals surface area (Å²) in [4.78, 5) is 12.8. The van der Waals surface area contributed by atoms with E-state index in [1.54, 1.807) is 37.3 Å². The lowest BCUT2D eigenvalue weighted by Crippen LogP contribution is -2.48. The second-order valence-corrected chi connectivity index (χ2v) is 8.55. The molecule has 2 rings (SSSR count). The van der Waals surface area contributed by atoms with Crippen molar-refractivity contribution < 1.29 is 22.3 Å². The van der Waals surface area contributed by atoms with Gasteiger partial charge in [-0.15, -0.1) is 0 Å². The van der Waals surface area contributed by atoms with Crippen molar-refractivity contribution in [2.75, 3.05) is 17.7 Å². The summed E-state index contributed by atoms with van der Waals surface area (Å²) in [5, 5.41) is 2.78. The Morgan fingerprint density at radius 1 is 1.14 bits per heavy atom. The number of sulfonamides is 1. The van der Waals surface area contributed by atoms with Gasteiger partial charge in [-0.1, -0.05) is 18.2 Å². The lowest BCUT2D eigenvalue weighted by molar-refractivity contribution is -0.122. The van der Waals surface area contributed by atoms with Crippen molar-refractivity contribution in [2.45, 2.75) is 32.9 Å². The molecule has 0 aliphatic carbocycles. The molecule has 0 heterocycles. The standard InChI is InChI=1S/C20H25FN2O4S/c1-13-6-11-19(27-4)18(12-13)23(28(5,25)26)15(3)20(24)22-14(2)16-7-9-17(21)10-8-16/h6-12,14-15H,1-5H3,(H,22,24)/t14-,15+/m0/s1. The Balaban J connectivity index is 2.33. The Kier molecular flexibility index (Phi) is 6.66. The van der Waals surface area contributed by atoms with Crippen LogP contribution in [0.5, 0.6) is 5.75 Å². The third kappa shape index (κ3) is 5.01. The molecule has 2 atom stereocenters. The zero-order chi connectivity index (χ0) is 21.1. The quantitative estimate of drug-likeness (QED) is 0.764. The number of anilines is 1. The summed E-state index contributed by atoms with van der Waals surface area (Å²) < 4.78 is 44.4. The number of ether oxygens (including phenoxy) is 1. The number of amides is 1. The molecule has 0 fully saturated rings. The van der Waals surface area contributed by atoms with Gasteiger partial charge < -0.3 is 10.1 Å². The smallest absolute Gasteiger partial charge is 0.244 e. The maximum Gasteiger partial charge on any atom is 0.244 e. The molecule has 1 N–H and O–H groups in total. The van der Waals surface area contributed by atoms with Crippen LogP contribution in [0.2, 0.25) is 0 Å². The van der Waals surface area contributed by atoms with Gasteiger partial charge in [0.1, 0.15) is 17.6 Å². The Bertz CT molecular complexity index is 945. The van der Waals surface area contributed by atoms with Crippen LogP contribution in [0, 0.1) is 12.7 Å². The first-order chi connectivity index (χ1) is 13.0. The topological polar surface area (TPSA) is 75.7 Å². The van der Waals surface area contributed by atoms with Crippen LogP contribution in [-0.2, 0) is 14.8 Å². The normalized spacial score (nSPS) is 13.5. The first-order valence-electron chi connectivity index (χ1n) is 8.74. The van der Waals surface area contributed by atoms with E-state index < -0.39 is 28.0 Å². The van der Waals surface area contributed by atoms with E-state index in [4.69, 9.17) is 4.74 Å². The molecule has 0 aromatic heterocycles. The van der Waals surface area contributed by atoms with E-state index in [1.807, 2.05) is 6.92 Å². The monoisotopic (exact) mass is 408 g/mol. The minimum absolute atomic E-state index is 0.294. The second kappa shape index (κ2) is 8.60. The fourth-order valence-corrected chi connectivity index (χ4v) is 4.09. The first kappa shape index (κ1) is 21.7. The van der Waals surface area contributed by atoms with E-state index in [2.05, 4.69) is 5.32 Å². The van der Waals surface area contributed by atoms with Crippen molar-refractivity contribution in [3.8, 4) is 5.75 Å². The van der Waals surface area contributed by atoms with Crippen molar-refractivity contribution in [1.29, 1.82) is 0 Å². The third-order valence-corrected chi connectivity index (χ3v) is 5.62. The van der Waals surface area contributed by atoms with Gasteiger partial charge >= 0.3 is 0 Å². The van der Waals surface area contributed by atoms with Crippen molar-refractivity contribution in [2.24, 2.45) is 0 Å². The number of nitrogens with zero attached hydrogens (tertiary/aromatic N) is 1. The van der Waals surface area contributed by atoms with Crippen LogP contribution in [-0.4, -0.2) is 33.7 Å². The Hall–Kier alpha value is -2.61. The minimum atomic E-state index is -3.77. The van der Waals surface area contributed by atoms with Gasteiger partial charge in [-0.2, -0.15) is 0 Å². The fourth-order valence-electron chi connectivity index (χ4n) is 2.92. The highest BCUT2D eigenvalue weighted by Crippen LogP contribution is 2.32. The van der Waals surface area contributed by atoms with Crippen LogP contribution in [0.1, 0.15) is 31.0 Å². The predicted octanol–water partition coefficient (Wildman–Crippen LogP) is 3.17. The fraction of sp³-hybridized carbons (Fsp3) is 0.350. The zero-order valence-corrected chi connectivity index (χ0v) is 17.4. The summed E-state index contributed by atoms with van der Waals surface area (Å²) in [5.41, 5.74) is 1.83. The van der Waals surface area contributed by atoms with E-state index in [1.165, 1.54) is 26.2 Å². The number of carbonyl (C=O) groups is 1. The largest absolute Gasteiger partial charge is 0.495 e. The number of rotatable bonds is 7. The van der Waals surface area contributed by atoms with Crippen LogP contribution in [0.3, 0.4) is 0 Å². The highest BCUT2D eigenvalue weighted by molar-refractivity contribution is 7.92. The molecule has 1 amide bonds. The summed E-state index contributed by atoms with van der Waals surface area (Å²) in [6, 6.07) is 9.44. The van der Waals surface area contributed by atoms with Crippen LogP contribution in [0.15, 0.2) is 42.5 Å². The maximum absolute atomic E-state index is 13.1. The lowest BCUT2D eigenvalue weighted by atomic mass is 10.1. The van der Waals surface area contributed by atoms with Crippen LogP contribution < -0.4 is 14.4 Å². The molecule has 0 saturated carbocycles. The molecule has 0 radical (unpaired) electrons. The van der Waals surface area contributed by atoms with E-state index in [9.17, 15) is 17.6 Å². The summed E-state index contributed by atoms with van der Waals surface area (Å²) in [6.45, 7) is 5.08. The first-order valence-corrected chi connectivity index (χ1v) is 10.6. The van der Waals surface area contributed by atoms with Gasteiger partial charge in [0.05, 0.1) is 25.1 Å². The molecule has 8 heteroatoms. The number of nitrogens with one attached hydrogen (secondary N) is 1. The van der Waals surface area contributed by atoms with E-state index in [0.717, 1.165) is 16.1 Å². The molecule has 28 heavy (non-hydrogen) atoms. The van der Waals surface area contributed by atoms with Gasteiger partial charge in [-0.25, -0.2) is 12.8 Å². The average molecular weight is 408 g/mol. The molecular weight excluding hydrogens is 383 g/mol. The van der Waals surface area contributed by atoms with Crippen molar-refractivity contribution in [3.05, 3.63) is 59.4 Å². The summed E-state index contributed by atoms with van der Waals surface area (Å²) >= 11 is 0. The third-order valence-electron chi connectivity index (χ3n) is 4.39. The van der Waals surface area contributed by atoms with Gasteiger partial charge in [0.2, 0.25) is 15.9 Å². The second-order valence-electron chi connectivity index (χ2n) is 6.69. The molecule has 0 unspecified atom stereocenters. The SMILES string of the molecule is COc1ccc(C)cc1N([C@H](C)C(=O)N[C@@H](C)c1ccc(F)cc1)S(C)(=O)=O. The lowest BCUT2D eigenvalue weighted by Gasteiger charge is -2.30. The van der Waals surface area contributed by atoms with Crippen LogP contribution >= 0.6 is 0 Å². The molecule has 6 nitrogen and oxygen atoms in total. The van der Waals surface area contributed by atoms with Gasteiger partial charge in [0.15, 0.2) is 0 Å². The molecule has 0 saturated heterocycles. The molecule has 152 valence electrons. The minimum Gasteiger partial charge on any atom is -0.495 e. The number of carbonyl (C=O) groups excluding carboxylic acids is 1. The summed E-state index contributed by atoms with van der Waals surface area (Å²) in [7, 11) is -2.33. The molecule has 0 spiro atoms.